The van der Waals surface area contributed by atoms with Gasteiger partial charge in [-0.1, -0.05) is 31.2 Å². The molecular weight excluding hydrogens is 358 g/mol. The molecule has 0 saturated heterocycles. The monoisotopic (exact) mass is 383 g/mol. The molecule has 0 aliphatic carbocycles. The van der Waals surface area contributed by atoms with Gasteiger partial charge >= 0.3 is 0 Å². The fourth-order valence-electron chi connectivity index (χ4n) is 2.35. The molecule has 0 fully saturated rings. The van der Waals surface area contributed by atoms with Gasteiger partial charge in [0.15, 0.2) is 0 Å². The number of amides is 2. The first-order chi connectivity index (χ1) is 13.6. The molecule has 148 valence electrons. The van der Waals surface area contributed by atoms with Gasteiger partial charge in [-0.25, -0.2) is 5.43 Å². The van der Waals surface area contributed by atoms with Crippen molar-refractivity contribution >= 4 is 23.7 Å². The molecule has 0 atom stereocenters. The van der Waals surface area contributed by atoms with Gasteiger partial charge < -0.3 is 14.8 Å². The normalized spacial score (nSPS) is 10.5. The largest absolute Gasteiger partial charge is 0.495 e. The highest BCUT2D eigenvalue weighted by Gasteiger charge is 2.09. The van der Waals surface area contributed by atoms with Gasteiger partial charge in [-0.3, -0.25) is 9.59 Å². The van der Waals surface area contributed by atoms with Gasteiger partial charge in [0.05, 0.1) is 25.6 Å². The third-order valence-corrected chi connectivity index (χ3v) is 3.73. The molecule has 0 aliphatic rings. The van der Waals surface area contributed by atoms with Crippen LogP contribution in [-0.4, -0.2) is 31.7 Å². The first-order valence-electron chi connectivity index (χ1n) is 9.10. The van der Waals surface area contributed by atoms with E-state index in [0.717, 1.165) is 12.0 Å². The van der Waals surface area contributed by atoms with E-state index >= 15 is 0 Å². The Kier molecular flexibility index (Phi) is 8.52. The summed E-state index contributed by atoms with van der Waals surface area (Å²) in [6, 6.07) is 14.5. The number of anilines is 1. The summed E-state index contributed by atoms with van der Waals surface area (Å²) in [4.78, 5) is 23.9. The van der Waals surface area contributed by atoms with Crippen LogP contribution in [-0.2, 0) is 9.59 Å². The highest BCUT2D eigenvalue weighted by molar-refractivity contribution is 5.94. The van der Waals surface area contributed by atoms with Crippen LogP contribution in [0.5, 0.6) is 11.5 Å². The Balaban J connectivity index is 1.80. The van der Waals surface area contributed by atoms with E-state index in [4.69, 9.17) is 9.47 Å². The SMILES string of the molecule is CCCOc1ccccc1C=NNC(=O)CCC(=O)Nc1ccccc1OC. The highest BCUT2D eigenvalue weighted by atomic mass is 16.5. The van der Waals surface area contributed by atoms with Crippen LogP contribution in [0.3, 0.4) is 0 Å². The van der Waals surface area contributed by atoms with Gasteiger partial charge in [-0.15, -0.1) is 0 Å². The van der Waals surface area contributed by atoms with Crippen molar-refractivity contribution < 1.29 is 19.1 Å². The van der Waals surface area contributed by atoms with E-state index in [1.54, 1.807) is 18.2 Å². The Morgan fingerprint density at radius 1 is 1.00 bits per heavy atom. The predicted molar refractivity (Wildman–Crippen MR) is 109 cm³/mol. The minimum Gasteiger partial charge on any atom is -0.495 e. The predicted octanol–water partition coefficient (Wildman–Crippen LogP) is 3.35. The zero-order chi connectivity index (χ0) is 20.2. The maximum absolute atomic E-state index is 12.0. The molecule has 0 unspecified atom stereocenters. The summed E-state index contributed by atoms with van der Waals surface area (Å²) < 4.78 is 10.8. The molecule has 2 N–H and O–H groups in total. The molecular formula is C21H25N3O4. The fraction of sp³-hybridized carbons (Fsp3) is 0.286. The third-order valence-electron chi connectivity index (χ3n) is 3.73. The number of hydrazone groups is 1. The minimum atomic E-state index is -0.349. The molecule has 0 heterocycles. The maximum atomic E-state index is 12.0. The number of nitrogens with zero attached hydrogens (tertiary/aromatic N) is 1. The number of ether oxygens (including phenoxy) is 2. The number of methoxy groups -OCH3 is 1. The van der Waals surface area contributed by atoms with Gasteiger partial charge in [0.2, 0.25) is 11.8 Å². The van der Waals surface area contributed by atoms with Crippen molar-refractivity contribution in [2.45, 2.75) is 26.2 Å². The number of carbonyl (C=O) groups is 2. The number of nitrogens with one attached hydrogen (secondary N) is 2. The van der Waals surface area contributed by atoms with E-state index in [-0.39, 0.29) is 24.7 Å². The van der Waals surface area contributed by atoms with Crippen LogP contribution in [0.1, 0.15) is 31.7 Å². The van der Waals surface area contributed by atoms with E-state index in [9.17, 15) is 9.59 Å². The lowest BCUT2D eigenvalue weighted by Gasteiger charge is -2.09. The fourth-order valence-corrected chi connectivity index (χ4v) is 2.35. The second kappa shape index (κ2) is 11.4. The lowest BCUT2D eigenvalue weighted by Crippen LogP contribution is -2.20. The summed E-state index contributed by atoms with van der Waals surface area (Å²) in [6.07, 6.45) is 2.48. The van der Waals surface area contributed by atoms with E-state index in [1.165, 1.54) is 13.3 Å². The van der Waals surface area contributed by atoms with Crippen molar-refractivity contribution in [1.82, 2.24) is 5.43 Å². The van der Waals surface area contributed by atoms with Gasteiger partial charge in [-0.2, -0.15) is 5.10 Å². The van der Waals surface area contributed by atoms with Crippen LogP contribution in [0.2, 0.25) is 0 Å². The molecule has 2 aromatic carbocycles. The zero-order valence-electron chi connectivity index (χ0n) is 16.1. The van der Waals surface area contributed by atoms with E-state index in [0.29, 0.717) is 23.8 Å². The van der Waals surface area contributed by atoms with Gasteiger partial charge in [0.1, 0.15) is 11.5 Å². The van der Waals surface area contributed by atoms with Crippen LogP contribution in [0.25, 0.3) is 0 Å². The lowest BCUT2D eigenvalue weighted by atomic mass is 10.2. The summed E-state index contributed by atoms with van der Waals surface area (Å²) in [7, 11) is 1.53. The van der Waals surface area contributed by atoms with Crippen LogP contribution in [0.4, 0.5) is 5.69 Å². The highest BCUT2D eigenvalue weighted by Crippen LogP contribution is 2.23. The van der Waals surface area contributed by atoms with Crippen LogP contribution in [0.15, 0.2) is 53.6 Å². The number of carbonyl (C=O) groups excluding carboxylic acids is 2. The van der Waals surface area contributed by atoms with Gasteiger partial charge in [-0.05, 0) is 30.7 Å². The minimum absolute atomic E-state index is 0.0201. The molecule has 0 saturated carbocycles. The maximum Gasteiger partial charge on any atom is 0.240 e. The first-order valence-corrected chi connectivity index (χ1v) is 9.10. The first kappa shape index (κ1) is 21.0. The van der Waals surface area contributed by atoms with Crippen molar-refractivity contribution in [1.29, 1.82) is 0 Å². The average Bonchev–Trinajstić information content (AvgIpc) is 2.72. The lowest BCUT2D eigenvalue weighted by molar-refractivity contribution is -0.124. The summed E-state index contributed by atoms with van der Waals surface area (Å²) in [5.74, 6) is 0.646. The Morgan fingerprint density at radius 2 is 1.68 bits per heavy atom. The Hall–Kier alpha value is -3.35. The second-order valence-electron chi connectivity index (χ2n) is 5.93. The van der Waals surface area contributed by atoms with Crippen molar-refractivity contribution in [2.24, 2.45) is 5.10 Å². The van der Waals surface area contributed by atoms with Crippen LogP contribution < -0.4 is 20.2 Å². The molecule has 7 nitrogen and oxygen atoms in total. The second-order valence-corrected chi connectivity index (χ2v) is 5.93. The molecule has 0 radical (unpaired) electrons. The van der Waals surface area contributed by atoms with Crippen LogP contribution >= 0.6 is 0 Å². The number of hydrogen-bond acceptors (Lipinski definition) is 5. The standard InChI is InChI=1S/C21H25N3O4/c1-3-14-28-18-10-6-4-8-16(18)15-22-24-21(26)13-12-20(25)23-17-9-5-7-11-19(17)27-2/h4-11,15H,3,12-14H2,1-2H3,(H,23,25)(H,24,26). The van der Waals surface area contributed by atoms with E-state index in [2.05, 4.69) is 15.8 Å². The van der Waals surface area contributed by atoms with Crippen molar-refractivity contribution in [3.05, 3.63) is 54.1 Å². The molecule has 7 heteroatoms. The molecule has 0 spiro atoms. The molecule has 0 aliphatic heterocycles. The molecule has 0 bridgehead atoms. The molecule has 2 aromatic rings. The summed E-state index contributed by atoms with van der Waals surface area (Å²) >= 11 is 0. The average molecular weight is 383 g/mol. The molecule has 2 rings (SSSR count). The van der Waals surface area contributed by atoms with Crippen molar-refractivity contribution in [2.75, 3.05) is 19.0 Å². The zero-order valence-corrected chi connectivity index (χ0v) is 16.1. The third kappa shape index (κ3) is 6.75. The van der Waals surface area contributed by atoms with Crippen molar-refractivity contribution in [3.63, 3.8) is 0 Å². The number of para-hydroxylation sites is 3. The topological polar surface area (TPSA) is 89.0 Å². The number of hydrogen-bond donors (Lipinski definition) is 2. The Labute approximate surface area is 164 Å². The Bertz CT molecular complexity index is 821. The van der Waals surface area contributed by atoms with E-state index < -0.39 is 0 Å². The van der Waals surface area contributed by atoms with Crippen LogP contribution in [0, 0.1) is 0 Å². The van der Waals surface area contributed by atoms with E-state index in [1.807, 2.05) is 37.3 Å². The number of benzene rings is 2. The summed E-state index contributed by atoms with van der Waals surface area (Å²) in [5, 5.41) is 6.67. The summed E-state index contributed by atoms with van der Waals surface area (Å²) in [5.41, 5.74) is 3.76. The smallest absolute Gasteiger partial charge is 0.240 e. The van der Waals surface area contributed by atoms with Gasteiger partial charge in [0, 0.05) is 18.4 Å². The quantitative estimate of drug-likeness (QED) is 0.486. The van der Waals surface area contributed by atoms with Gasteiger partial charge in [0.25, 0.3) is 0 Å². The molecule has 0 aromatic heterocycles. The molecule has 2 amide bonds. The number of rotatable bonds is 10. The Morgan fingerprint density at radius 3 is 2.43 bits per heavy atom. The summed E-state index contributed by atoms with van der Waals surface area (Å²) in [6.45, 7) is 2.64. The van der Waals surface area contributed by atoms with Crippen molar-refractivity contribution in [3.8, 4) is 11.5 Å². The molecule has 28 heavy (non-hydrogen) atoms.